The van der Waals surface area contributed by atoms with E-state index in [2.05, 4.69) is 40.0 Å². The maximum atomic E-state index is 6.03. The van der Waals surface area contributed by atoms with Gasteiger partial charge in [-0.25, -0.2) is 0 Å². The van der Waals surface area contributed by atoms with Crippen LogP contribution in [0.1, 0.15) is 5.56 Å². The molecule has 1 aliphatic heterocycles. The van der Waals surface area contributed by atoms with Crippen molar-refractivity contribution in [1.29, 1.82) is 0 Å². The molecular formula is C18H19Cl2N3. The van der Waals surface area contributed by atoms with E-state index in [1.54, 1.807) is 6.07 Å². The highest BCUT2D eigenvalue weighted by Gasteiger charge is 2.15. The van der Waals surface area contributed by atoms with Gasteiger partial charge in [0, 0.05) is 53.7 Å². The molecule has 0 aromatic heterocycles. The topological polar surface area (TPSA) is 18.8 Å². The Labute approximate surface area is 147 Å². The SMILES string of the molecule is CN1CCN(c2ccccc2C=Nc2cc(Cl)cc(Cl)c2)CC1. The first-order chi connectivity index (χ1) is 11.1. The Kier molecular flexibility index (Phi) is 5.21. The molecule has 0 radical (unpaired) electrons. The fourth-order valence-corrected chi connectivity index (χ4v) is 3.20. The van der Waals surface area contributed by atoms with Gasteiger partial charge in [-0.3, -0.25) is 4.99 Å². The molecule has 0 amide bonds. The molecule has 1 saturated heterocycles. The zero-order chi connectivity index (χ0) is 16.2. The van der Waals surface area contributed by atoms with Crippen molar-refractivity contribution in [2.75, 3.05) is 38.1 Å². The van der Waals surface area contributed by atoms with Gasteiger partial charge in [0.05, 0.1) is 5.69 Å². The van der Waals surface area contributed by atoms with Gasteiger partial charge in [-0.15, -0.1) is 0 Å². The van der Waals surface area contributed by atoms with Gasteiger partial charge in [-0.1, -0.05) is 41.4 Å². The van der Waals surface area contributed by atoms with Gasteiger partial charge >= 0.3 is 0 Å². The molecule has 1 heterocycles. The van der Waals surface area contributed by atoms with E-state index < -0.39 is 0 Å². The number of halogens is 2. The third-order valence-electron chi connectivity index (χ3n) is 3.98. The average molecular weight is 348 g/mol. The van der Waals surface area contributed by atoms with Gasteiger partial charge in [0.2, 0.25) is 0 Å². The van der Waals surface area contributed by atoms with E-state index >= 15 is 0 Å². The number of rotatable bonds is 3. The van der Waals surface area contributed by atoms with Gasteiger partial charge in [-0.2, -0.15) is 0 Å². The normalized spacial score (nSPS) is 16.2. The molecule has 0 saturated carbocycles. The van der Waals surface area contributed by atoms with Gasteiger partial charge in [0.1, 0.15) is 0 Å². The smallest absolute Gasteiger partial charge is 0.0659 e. The summed E-state index contributed by atoms with van der Waals surface area (Å²) < 4.78 is 0. The van der Waals surface area contributed by atoms with Crippen molar-refractivity contribution >= 4 is 40.8 Å². The lowest BCUT2D eigenvalue weighted by atomic mass is 10.1. The second-order valence-corrected chi connectivity index (χ2v) is 6.61. The zero-order valence-electron chi connectivity index (χ0n) is 13.0. The molecule has 0 unspecified atom stereocenters. The molecule has 3 nitrogen and oxygen atoms in total. The van der Waals surface area contributed by atoms with Crippen molar-refractivity contribution in [1.82, 2.24) is 4.90 Å². The fourth-order valence-electron chi connectivity index (χ4n) is 2.69. The number of piperazine rings is 1. The summed E-state index contributed by atoms with van der Waals surface area (Å²) in [4.78, 5) is 9.30. The molecule has 1 aliphatic rings. The van der Waals surface area contributed by atoms with Crippen LogP contribution in [0.5, 0.6) is 0 Å². The number of hydrogen-bond donors (Lipinski definition) is 0. The van der Waals surface area contributed by atoms with Crippen LogP contribution >= 0.6 is 23.2 Å². The van der Waals surface area contributed by atoms with Gasteiger partial charge in [0.25, 0.3) is 0 Å². The van der Waals surface area contributed by atoms with E-state index in [0.29, 0.717) is 10.0 Å². The molecule has 3 rings (SSSR count). The first-order valence-corrected chi connectivity index (χ1v) is 8.40. The second-order valence-electron chi connectivity index (χ2n) is 5.73. The van der Waals surface area contributed by atoms with E-state index in [-0.39, 0.29) is 0 Å². The van der Waals surface area contributed by atoms with Gasteiger partial charge in [-0.05, 0) is 31.3 Å². The lowest BCUT2D eigenvalue weighted by Crippen LogP contribution is -2.44. The maximum Gasteiger partial charge on any atom is 0.0659 e. The zero-order valence-corrected chi connectivity index (χ0v) is 14.6. The van der Waals surface area contributed by atoms with Crippen molar-refractivity contribution in [3.8, 4) is 0 Å². The van der Waals surface area contributed by atoms with Gasteiger partial charge < -0.3 is 9.80 Å². The molecule has 2 aromatic rings. The number of hydrogen-bond acceptors (Lipinski definition) is 3. The number of anilines is 1. The minimum Gasteiger partial charge on any atom is -0.368 e. The minimum absolute atomic E-state index is 0.594. The first-order valence-electron chi connectivity index (χ1n) is 7.64. The largest absolute Gasteiger partial charge is 0.368 e. The van der Waals surface area contributed by atoms with E-state index in [4.69, 9.17) is 23.2 Å². The minimum atomic E-state index is 0.594. The number of nitrogens with zero attached hydrogens (tertiary/aromatic N) is 3. The molecule has 23 heavy (non-hydrogen) atoms. The predicted octanol–water partition coefficient (Wildman–Crippen LogP) is 4.50. The van der Waals surface area contributed by atoms with Gasteiger partial charge in [0.15, 0.2) is 0 Å². The monoisotopic (exact) mass is 347 g/mol. The maximum absolute atomic E-state index is 6.03. The molecule has 2 aromatic carbocycles. The third-order valence-corrected chi connectivity index (χ3v) is 4.42. The standard InChI is InChI=1S/C18H19Cl2N3/c1-22-6-8-23(9-7-22)18-5-3-2-4-14(18)13-21-17-11-15(19)10-16(20)12-17/h2-5,10-13H,6-9H2,1H3. The van der Waals surface area contributed by atoms with Crippen molar-refractivity contribution in [3.63, 3.8) is 0 Å². The molecule has 0 aliphatic carbocycles. The van der Waals surface area contributed by atoms with Crippen LogP contribution in [-0.2, 0) is 0 Å². The van der Waals surface area contributed by atoms with Crippen LogP contribution in [0.2, 0.25) is 10.0 Å². The van der Waals surface area contributed by atoms with E-state index in [9.17, 15) is 0 Å². The Morgan fingerprint density at radius 2 is 1.61 bits per heavy atom. The Morgan fingerprint density at radius 3 is 2.30 bits per heavy atom. The molecule has 120 valence electrons. The summed E-state index contributed by atoms with van der Waals surface area (Å²) in [6.07, 6.45) is 1.88. The molecular weight excluding hydrogens is 329 g/mol. The summed E-state index contributed by atoms with van der Waals surface area (Å²) in [7, 11) is 2.16. The summed E-state index contributed by atoms with van der Waals surface area (Å²) in [6.45, 7) is 4.22. The molecule has 0 N–H and O–H groups in total. The highest BCUT2D eigenvalue weighted by atomic mass is 35.5. The van der Waals surface area contributed by atoms with Crippen LogP contribution in [0.25, 0.3) is 0 Å². The average Bonchev–Trinajstić information content (AvgIpc) is 2.53. The lowest BCUT2D eigenvalue weighted by Gasteiger charge is -2.34. The van der Waals surface area contributed by atoms with E-state index in [0.717, 1.165) is 37.4 Å². The summed E-state index contributed by atoms with van der Waals surface area (Å²) in [5.41, 5.74) is 3.08. The molecule has 0 spiro atoms. The third kappa shape index (κ3) is 4.25. The molecule has 0 bridgehead atoms. The quantitative estimate of drug-likeness (QED) is 0.761. The van der Waals surface area contributed by atoms with Crippen molar-refractivity contribution in [3.05, 3.63) is 58.1 Å². The molecule has 5 heteroatoms. The van der Waals surface area contributed by atoms with Crippen LogP contribution in [0, 0.1) is 0 Å². The number of para-hydroxylation sites is 1. The predicted molar refractivity (Wildman–Crippen MR) is 99.9 cm³/mol. The van der Waals surface area contributed by atoms with Crippen LogP contribution in [-0.4, -0.2) is 44.3 Å². The van der Waals surface area contributed by atoms with Crippen LogP contribution in [0.3, 0.4) is 0 Å². The lowest BCUT2D eigenvalue weighted by molar-refractivity contribution is 0.313. The second kappa shape index (κ2) is 7.35. The Bertz CT molecular complexity index is 687. The summed E-state index contributed by atoms with van der Waals surface area (Å²) in [5.74, 6) is 0. The summed E-state index contributed by atoms with van der Waals surface area (Å²) in [5, 5.41) is 1.19. The van der Waals surface area contributed by atoms with Crippen molar-refractivity contribution in [2.45, 2.75) is 0 Å². The molecule has 0 atom stereocenters. The number of benzene rings is 2. The highest BCUT2D eigenvalue weighted by molar-refractivity contribution is 6.35. The van der Waals surface area contributed by atoms with E-state index in [1.807, 2.05) is 24.4 Å². The van der Waals surface area contributed by atoms with E-state index in [1.165, 1.54) is 5.69 Å². The van der Waals surface area contributed by atoms with Crippen molar-refractivity contribution in [2.24, 2.45) is 4.99 Å². The Hall–Kier alpha value is -1.55. The van der Waals surface area contributed by atoms with Crippen LogP contribution < -0.4 is 4.90 Å². The Balaban J connectivity index is 1.84. The summed E-state index contributed by atoms with van der Waals surface area (Å²) >= 11 is 12.1. The summed E-state index contributed by atoms with van der Waals surface area (Å²) in [6, 6.07) is 13.7. The molecule has 1 fully saturated rings. The fraction of sp³-hybridized carbons (Fsp3) is 0.278. The van der Waals surface area contributed by atoms with Crippen LogP contribution in [0.4, 0.5) is 11.4 Å². The number of aliphatic imine (C=N–C) groups is 1. The number of likely N-dealkylation sites (N-methyl/N-ethyl adjacent to an activating group) is 1. The highest BCUT2D eigenvalue weighted by Crippen LogP contribution is 2.25. The van der Waals surface area contributed by atoms with Crippen LogP contribution in [0.15, 0.2) is 47.5 Å². The first kappa shape index (κ1) is 16.3. The van der Waals surface area contributed by atoms with Crippen molar-refractivity contribution < 1.29 is 0 Å². The Morgan fingerprint density at radius 1 is 0.957 bits per heavy atom.